The Balaban J connectivity index is 1.77. The molecule has 2 N–H and O–H groups in total. The zero-order chi connectivity index (χ0) is 14.9. The normalized spacial score (nSPS) is 17.7. The first-order valence-corrected chi connectivity index (χ1v) is 7.45. The van der Waals surface area contributed by atoms with Gasteiger partial charge in [0, 0.05) is 13.1 Å². The Morgan fingerprint density at radius 3 is 2.81 bits per heavy atom. The Hall–Kier alpha value is -1.72. The van der Waals surface area contributed by atoms with Gasteiger partial charge in [-0.3, -0.25) is 9.69 Å². The van der Waals surface area contributed by atoms with Crippen molar-refractivity contribution in [3.8, 4) is 0 Å². The molecule has 0 radical (unpaired) electrons. The van der Waals surface area contributed by atoms with Crippen LogP contribution in [0.2, 0.25) is 0 Å². The lowest BCUT2D eigenvalue weighted by Crippen LogP contribution is -2.39. The molecule has 0 atom stereocenters. The number of hydrogen-bond acceptors (Lipinski definition) is 4. The molecule has 0 amide bonds. The fourth-order valence-electron chi connectivity index (χ4n) is 3.18. The lowest BCUT2D eigenvalue weighted by molar-refractivity contribution is 0.0142. The lowest BCUT2D eigenvalue weighted by Gasteiger charge is -2.28. The van der Waals surface area contributed by atoms with Crippen LogP contribution >= 0.6 is 0 Å². The van der Waals surface area contributed by atoms with Crippen molar-refractivity contribution in [3.63, 3.8) is 0 Å². The van der Waals surface area contributed by atoms with Crippen LogP contribution in [-0.2, 0) is 6.54 Å². The third-order valence-corrected chi connectivity index (χ3v) is 4.19. The van der Waals surface area contributed by atoms with Gasteiger partial charge < -0.3 is 10.1 Å². The zero-order valence-electron chi connectivity index (χ0n) is 12.3. The maximum absolute atomic E-state index is 12.1. The van der Waals surface area contributed by atoms with Crippen LogP contribution in [0.15, 0.2) is 29.1 Å². The van der Waals surface area contributed by atoms with Gasteiger partial charge in [-0.15, -0.1) is 0 Å². The Morgan fingerprint density at radius 2 is 2.05 bits per heavy atom. The molecule has 1 aromatic carbocycles. The number of hydrogen-bond donors (Lipinski definition) is 2. The van der Waals surface area contributed by atoms with Crippen LogP contribution in [0.1, 0.15) is 31.4 Å². The molecule has 0 unspecified atom stereocenters. The molecule has 21 heavy (non-hydrogen) atoms. The number of likely N-dealkylation sites (N-methyl/N-ethyl adjacent to an activating group) is 1. The molecule has 1 fully saturated rings. The first-order chi connectivity index (χ1) is 10.1. The second-order valence-corrected chi connectivity index (χ2v) is 6.13. The summed E-state index contributed by atoms with van der Waals surface area (Å²) < 4.78 is 0. The van der Waals surface area contributed by atoms with Crippen molar-refractivity contribution in [2.45, 2.75) is 37.8 Å². The van der Waals surface area contributed by atoms with E-state index >= 15 is 0 Å². The van der Waals surface area contributed by atoms with E-state index in [0.29, 0.717) is 18.8 Å². The number of para-hydroxylation sites is 2. The van der Waals surface area contributed by atoms with Gasteiger partial charge in [-0.1, -0.05) is 25.0 Å². The second-order valence-electron chi connectivity index (χ2n) is 6.13. The molecule has 2 aromatic rings. The van der Waals surface area contributed by atoms with E-state index in [9.17, 15) is 9.90 Å². The number of aromatic nitrogens is 2. The van der Waals surface area contributed by atoms with Crippen LogP contribution in [0.3, 0.4) is 0 Å². The van der Waals surface area contributed by atoms with Crippen LogP contribution in [0, 0.1) is 0 Å². The molecule has 0 aliphatic heterocycles. The third-order valence-electron chi connectivity index (χ3n) is 4.19. The summed E-state index contributed by atoms with van der Waals surface area (Å²) in [4.78, 5) is 21.4. The number of aromatic amines is 1. The second kappa shape index (κ2) is 5.58. The van der Waals surface area contributed by atoms with Gasteiger partial charge in [-0.05, 0) is 32.0 Å². The fourth-order valence-corrected chi connectivity index (χ4v) is 3.18. The Kier molecular flexibility index (Phi) is 3.78. The van der Waals surface area contributed by atoms with E-state index in [4.69, 9.17) is 0 Å². The SMILES string of the molecule is CN(Cc1nc2ccccc2[nH]c1=O)CC1(O)CCCC1. The molecule has 0 spiro atoms. The Bertz CT molecular complexity index is 689. The maximum atomic E-state index is 12.1. The van der Waals surface area contributed by atoms with Crippen LogP contribution in [0.4, 0.5) is 0 Å². The van der Waals surface area contributed by atoms with Gasteiger partial charge in [0.25, 0.3) is 5.56 Å². The maximum Gasteiger partial charge on any atom is 0.271 e. The highest BCUT2D eigenvalue weighted by Crippen LogP contribution is 2.30. The number of nitrogens with zero attached hydrogens (tertiary/aromatic N) is 2. The predicted molar refractivity (Wildman–Crippen MR) is 82.1 cm³/mol. The Labute approximate surface area is 123 Å². The number of benzene rings is 1. The summed E-state index contributed by atoms with van der Waals surface area (Å²) in [5, 5.41) is 10.4. The van der Waals surface area contributed by atoms with Crippen LogP contribution < -0.4 is 5.56 Å². The molecule has 3 rings (SSSR count). The van der Waals surface area contributed by atoms with Crippen LogP contribution in [-0.4, -0.2) is 39.2 Å². The van der Waals surface area contributed by atoms with Crippen molar-refractivity contribution in [2.24, 2.45) is 0 Å². The molecule has 5 nitrogen and oxygen atoms in total. The lowest BCUT2D eigenvalue weighted by atomic mass is 10.0. The van der Waals surface area contributed by atoms with Crippen molar-refractivity contribution in [1.29, 1.82) is 0 Å². The first-order valence-electron chi connectivity index (χ1n) is 7.45. The largest absolute Gasteiger partial charge is 0.389 e. The minimum absolute atomic E-state index is 0.154. The van der Waals surface area contributed by atoms with Crippen molar-refractivity contribution in [1.82, 2.24) is 14.9 Å². The van der Waals surface area contributed by atoms with Gasteiger partial charge in [-0.25, -0.2) is 4.98 Å². The van der Waals surface area contributed by atoms with E-state index < -0.39 is 5.60 Å². The molecule has 1 saturated carbocycles. The number of H-pyrrole nitrogens is 1. The van der Waals surface area contributed by atoms with E-state index in [1.165, 1.54) is 0 Å². The van der Waals surface area contributed by atoms with Crippen molar-refractivity contribution in [3.05, 3.63) is 40.3 Å². The minimum Gasteiger partial charge on any atom is -0.389 e. The monoisotopic (exact) mass is 287 g/mol. The Morgan fingerprint density at radius 1 is 1.33 bits per heavy atom. The van der Waals surface area contributed by atoms with E-state index in [1.807, 2.05) is 36.2 Å². The predicted octanol–water partition coefficient (Wildman–Crippen LogP) is 1.66. The highest BCUT2D eigenvalue weighted by molar-refractivity contribution is 5.73. The van der Waals surface area contributed by atoms with Crippen LogP contribution in [0.5, 0.6) is 0 Å². The summed E-state index contributed by atoms with van der Waals surface area (Å²) in [5.74, 6) is 0. The molecule has 112 valence electrons. The summed E-state index contributed by atoms with van der Waals surface area (Å²) >= 11 is 0. The van der Waals surface area contributed by atoms with Gasteiger partial charge in [0.15, 0.2) is 0 Å². The molecule has 1 aliphatic rings. The average Bonchev–Trinajstić information content (AvgIpc) is 2.86. The van der Waals surface area contributed by atoms with E-state index in [2.05, 4.69) is 9.97 Å². The molecule has 5 heteroatoms. The molecule has 1 heterocycles. The highest BCUT2D eigenvalue weighted by Gasteiger charge is 2.32. The van der Waals surface area contributed by atoms with Gasteiger partial charge >= 0.3 is 0 Å². The van der Waals surface area contributed by atoms with E-state index in [1.54, 1.807) is 0 Å². The molecular weight excluding hydrogens is 266 g/mol. The zero-order valence-corrected chi connectivity index (χ0v) is 12.3. The molecule has 1 aliphatic carbocycles. The molecule has 1 aromatic heterocycles. The standard InChI is InChI=1S/C16H21N3O2/c1-19(11-16(21)8-4-5-9-16)10-14-15(20)18-13-7-3-2-6-12(13)17-14/h2-3,6-7,21H,4-5,8-11H2,1H3,(H,18,20). The van der Waals surface area contributed by atoms with Gasteiger partial charge in [-0.2, -0.15) is 0 Å². The van der Waals surface area contributed by atoms with Gasteiger partial charge in [0.2, 0.25) is 0 Å². The molecular formula is C16H21N3O2. The van der Waals surface area contributed by atoms with Crippen LogP contribution in [0.25, 0.3) is 11.0 Å². The minimum atomic E-state index is -0.599. The summed E-state index contributed by atoms with van der Waals surface area (Å²) in [5.41, 5.74) is 1.29. The smallest absolute Gasteiger partial charge is 0.271 e. The first kappa shape index (κ1) is 14.2. The van der Waals surface area contributed by atoms with Gasteiger partial charge in [0.1, 0.15) is 5.69 Å². The quantitative estimate of drug-likeness (QED) is 0.897. The highest BCUT2D eigenvalue weighted by atomic mass is 16.3. The number of rotatable bonds is 4. The van der Waals surface area contributed by atoms with E-state index in [-0.39, 0.29) is 5.56 Å². The van der Waals surface area contributed by atoms with Crippen molar-refractivity contribution >= 4 is 11.0 Å². The van der Waals surface area contributed by atoms with Crippen molar-refractivity contribution < 1.29 is 5.11 Å². The third kappa shape index (κ3) is 3.14. The number of fused-ring (bicyclic) bond motifs is 1. The number of aliphatic hydroxyl groups is 1. The molecule has 0 saturated heterocycles. The average molecular weight is 287 g/mol. The van der Waals surface area contributed by atoms with Crippen molar-refractivity contribution in [2.75, 3.05) is 13.6 Å². The topological polar surface area (TPSA) is 69.2 Å². The van der Waals surface area contributed by atoms with E-state index in [0.717, 1.165) is 36.7 Å². The number of nitrogens with one attached hydrogen (secondary N) is 1. The van der Waals surface area contributed by atoms with Gasteiger partial charge in [0.05, 0.1) is 16.6 Å². The summed E-state index contributed by atoms with van der Waals surface area (Å²) in [7, 11) is 1.92. The summed E-state index contributed by atoms with van der Waals surface area (Å²) in [6, 6.07) is 7.52. The fraction of sp³-hybridized carbons (Fsp3) is 0.500. The molecule has 0 bridgehead atoms. The summed E-state index contributed by atoms with van der Waals surface area (Å²) in [6.07, 6.45) is 3.86. The summed E-state index contributed by atoms with van der Waals surface area (Å²) in [6.45, 7) is 1.03.